The Hall–Kier alpha value is -2.36. The Morgan fingerprint density at radius 1 is 1.10 bits per heavy atom. The summed E-state index contributed by atoms with van der Waals surface area (Å²) in [5, 5.41) is 0. The van der Waals surface area contributed by atoms with Crippen LogP contribution in [0.3, 0.4) is 0 Å². The molecule has 0 radical (unpaired) electrons. The fourth-order valence-corrected chi connectivity index (χ4v) is 2.79. The van der Waals surface area contributed by atoms with Crippen LogP contribution >= 0.6 is 0 Å². The molecule has 0 spiro atoms. The van der Waals surface area contributed by atoms with Crippen molar-refractivity contribution < 1.29 is 9.47 Å². The number of ether oxygens (including phenoxy) is 2. The number of hydrogen-bond acceptors (Lipinski definition) is 4. The Kier molecular flexibility index (Phi) is 3.86. The summed E-state index contributed by atoms with van der Waals surface area (Å²) in [6.45, 7) is 2.42. The van der Waals surface area contributed by atoms with Gasteiger partial charge in [0.15, 0.2) is 11.5 Å². The fraction of sp³-hybridized carbons (Fsp3) is 0.294. The van der Waals surface area contributed by atoms with Crippen LogP contribution in [0, 0.1) is 0 Å². The van der Waals surface area contributed by atoms with Crippen molar-refractivity contribution in [2.24, 2.45) is 0 Å². The Morgan fingerprint density at radius 3 is 2.71 bits per heavy atom. The van der Waals surface area contributed by atoms with E-state index in [0.29, 0.717) is 6.61 Å². The van der Waals surface area contributed by atoms with Crippen LogP contribution in [0.2, 0.25) is 0 Å². The lowest BCUT2D eigenvalue weighted by molar-refractivity contribution is 0.300. The lowest BCUT2D eigenvalue weighted by Gasteiger charge is -2.21. The van der Waals surface area contributed by atoms with Crippen molar-refractivity contribution in [1.82, 2.24) is 0 Å². The lowest BCUT2D eigenvalue weighted by atomic mass is 10.1. The second kappa shape index (κ2) is 5.95. The van der Waals surface area contributed by atoms with Crippen molar-refractivity contribution in [3.63, 3.8) is 0 Å². The zero-order valence-corrected chi connectivity index (χ0v) is 12.2. The van der Waals surface area contributed by atoms with Gasteiger partial charge in [-0.05, 0) is 30.2 Å². The van der Waals surface area contributed by atoms with Gasteiger partial charge in [-0.1, -0.05) is 24.3 Å². The number of nitrogens with two attached hydrogens (primary N) is 1. The Morgan fingerprint density at radius 2 is 1.90 bits per heavy atom. The molecule has 0 atom stereocenters. The van der Waals surface area contributed by atoms with E-state index in [1.807, 2.05) is 36.4 Å². The molecule has 110 valence electrons. The fourth-order valence-electron chi connectivity index (χ4n) is 2.79. The highest BCUT2D eigenvalue weighted by Crippen LogP contribution is 2.33. The van der Waals surface area contributed by atoms with E-state index in [0.717, 1.165) is 36.7 Å². The molecule has 21 heavy (non-hydrogen) atoms. The maximum Gasteiger partial charge on any atom is 0.161 e. The normalized spacial score (nSPS) is 13.1. The van der Waals surface area contributed by atoms with Gasteiger partial charge < -0.3 is 20.1 Å². The molecule has 0 aliphatic carbocycles. The molecule has 0 unspecified atom stereocenters. The maximum atomic E-state index is 6.09. The predicted molar refractivity (Wildman–Crippen MR) is 85.3 cm³/mol. The topological polar surface area (TPSA) is 47.7 Å². The molecule has 2 N–H and O–H groups in total. The highest BCUT2D eigenvalue weighted by molar-refractivity contribution is 5.74. The molecule has 1 aliphatic heterocycles. The van der Waals surface area contributed by atoms with E-state index in [1.54, 1.807) is 7.11 Å². The molecule has 2 aromatic carbocycles. The van der Waals surface area contributed by atoms with Gasteiger partial charge in [0.25, 0.3) is 0 Å². The molecule has 1 heterocycles. The summed E-state index contributed by atoms with van der Waals surface area (Å²) in [5.74, 6) is 1.54. The standard InChI is InChI=1S/C17H20N2O2/c1-20-15-7-2-3-8-16(15)21-12-11-19-10-9-13-5-4-6-14(18)17(13)19/h2-8H,9-12,18H2,1H3. The average Bonchev–Trinajstić information content (AvgIpc) is 2.92. The van der Waals surface area contributed by atoms with Crippen molar-refractivity contribution in [2.45, 2.75) is 6.42 Å². The number of nitrogens with zero attached hydrogens (tertiary/aromatic N) is 1. The highest BCUT2D eigenvalue weighted by Gasteiger charge is 2.20. The maximum absolute atomic E-state index is 6.09. The zero-order valence-electron chi connectivity index (χ0n) is 12.2. The number of nitrogen functional groups attached to an aromatic ring is 1. The predicted octanol–water partition coefficient (Wildman–Crippen LogP) is 2.72. The smallest absolute Gasteiger partial charge is 0.161 e. The third-order valence-electron chi connectivity index (χ3n) is 3.81. The van der Waals surface area contributed by atoms with Gasteiger partial charge in [0.05, 0.1) is 25.0 Å². The Bertz CT molecular complexity index is 628. The molecule has 0 amide bonds. The minimum Gasteiger partial charge on any atom is -0.493 e. The largest absolute Gasteiger partial charge is 0.493 e. The van der Waals surface area contributed by atoms with Crippen molar-refractivity contribution >= 4 is 11.4 Å². The van der Waals surface area contributed by atoms with Crippen LogP contribution in [0.15, 0.2) is 42.5 Å². The van der Waals surface area contributed by atoms with Gasteiger partial charge in [-0.15, -0.1) is 0 Å². The van der Waals surface area contributed by atoms with Gasteiger partial charge in [0, 0.05) is 6.54 Å². The van der Waals surface area contributed by atoms with E-state index in [4.69, 9.17) is 15.2 Å². The molecule has 0 bridgehead atoms. The molecule has 4 heteroatoms. The molecule has 0 fully saturated rings. The van der Waals surface area contributed by atoms with Crippen molar-refractivity contribution in [3.8, 4) is 11.5 Å². The average molecular weight is 284 g/mol. The van der Waals surface area contributed by atoms with Gasteiger partial charge in [0.2, 0.25) is 0 Å². The Labute approximate surface area is 125 Å². The number of benzene rings is 2. The molecule has 0 aromatic heterocycles. The number of para-hydroxylation sites is 3. The second-order valence-electron chi connectivity index (χ2n) is 5.09. The number of rotatable bonds is 5. The van der Waals surface area contributed by atoms with Crippen molar-refractivity contribution in [2.75, 3.05) is 37.4 Å². The lowest BCUT2D eigenvalue weighted by Crippen LogP contribution is -2.27. The monoisotopic (exact) mass is 284 g/mol. The molecule has 0 saturated heterocycles. The van der Waals surface area contributed by atoms with Crippen LogP contribution < -0.4 is 20.1 Å². The minimum absolute atomic E-state index is 0.605. The summed E-state index contributed by atoms with van der Waals surface area (Å²) < 4.78 is 11.1. The Balaban J connectivity index is 1.63. The van der Waals surface area contributed by atoms with Crippen LogP contribution in [0.1, 0.15) is 5.56 Å². The first-order valence-electron chi connectivity index (χ1n) is 7.17. The summed E-state index contributed by atoms with van der Waals surface area (Å²) in [5.41, 5.74) is 9.43. The summed E-state index contributed by atoms with van der Waals surface area (Å²) in [6.07, 6.45) is 1.05. The molecular formula is C17H20N2O2. The molecule has 4 nitrogen and oxygen atoms in total. The van der Waals surface area contributed by atoms with Gasteiger partial charge in [-0.3, -0.25) is 0 Å². The first kappa shape index (κ1) is 13.6. The van der Waals surface area contributed by atoms with Crippen LogP contribution in [0.25, 0.3) is 0 Å². The van der Waals surface area contributed by atoms with Gasteiger partial charge >= 0.3 is 0 Å². The molecule has 2 aromatic rings. The summed E-state index contributed by atoms with van der Waals surface area (Å²) in [7, 11) is 1.65. The summed E-state index contributed by atoms with van der Waals surface area (Å²) in [4.78, 5) is 2.29. The number of methoxy groups -OCH3 is 1. The van der Waals surface area contributed by atoms with E-state index in [9.17, 15) is 0 Å². The van der Waals surface area contributed by atoms with E-state index in [2.05, 4.69) is 11.0 Å². The zero-order chi connectivity index (χ0) is 14.7. The number of hydrogen-bond donors (Lipinski definition) is 1. The first-order valence-corrected chi connectivity index (χ1v) is 7.17. The first-order chi connectivity index (χ1) is 10.3. The van der Waals surface area contributed by atoms with Gasteiger partial charge in [0.1, 0.15) is 6.61 Å². The third-order valence-corrected chi connectivity index (χ3v) is 3.81. The van der Waals surface area contributed by atoms with Crippen LogP contribution in [0.4, 0.5) is 11.4 Å². The van der Waals surface area contributed by atoms with Crippen molar-refractivity contribution in [1.29, 1.82) is 0 Å². The van der Waals surface area contributed by atoms with E-state index in [1.165, 1.54) is 11.3 Å². The molecule has 3 rings (SSSR count). The molecule has 1 aliphatic rings. The van der Waals surface area contributed by atoms with E-state index in [-0.39, 0.29) is 0 Å². The van der Waals surface area contributed by atoms with Gasteiger partial charge in [-0.25, -0.2) is 0 Å². The van der Waals surface area contributed by atoms with E-state index < -0.39 is 0 Å². The quantitative estimate of drug-likeness (QED) is 0.858. The molecule has 0 saturated carbocycles. The third kappa shape index (κ3) is 2.75. The number of fused-ring (bicyclic) bond motifs is 1. The van der Waals surface area contributed by atoms with Gasteiger partial charge in [-0.2, -0.15) is 0 Å². The summed E-state index contributed by atoms with van der Waals surface area (Å²) >= 11 is 0. The highest BCUT2D eigenvalue weighted by atomic mass is 16.5. The number of anilines is 2. The molecular weight excluding hydrogens is 264 g/mol. The van der Waals surface area contributed by atoms with Crippen molar-refractivity contribution in [3.05, 3.63) is 48.0 Å². The van der Waals surface area contributed by atoms with E-state index >= 15 is 0 Å². The summed E-state index contributed by atoms with van der Waals surface area (Å²) in [6, 6.07) is 13.8. The van der Waals surface area contributed by atoms with Crippen LogP contribution in [-0.2, 0) is 6.42 Å². The minimum atomic E-state index is 0.605. The van der Waals surface area contributed by atoms with Crippen LogP contribution in [0.5, 0.6) is 11.5 Å². The second-order valence-corrected chi connectivity index (χ2v) is 5.09. The SMILES string of the molecule is COc1ccccc1OCCN1CCc2cccc(N)c21. The van der Waals surface area contributed by atoms with Crippen LogP contribution in [-0.4, -0.2) is 26.8 Å².